The lowest BCUT2D eigenvalue weighted by Crippen LogP contribution is -2.20. The highest BCUT2D eigenvalue weighted by Crippen LogP contribution is 2.36. The number of nitrogens with one attached hydrogen (secondary N) is 4. The molecule has 230 valence electrons. The number of nitrogens with zero attached hydrogens (tertiary/aromatic N) is 4. The average Bonchev–Trinajstić information content (AvgIpc) is 3.59. The number of fused-ring (bicyclic) bond motifs is 2. The fourth-order valence-electron chi connectivity index (χ4n) is 5.42. The molecule has 45 heavy (non-hydrogen) atoms. The van der Waals surface area contributed by atoms with Gasteiger partial charge in [0.1, 0.15) is 11.5 Å². The molecular weight excluding hydrogens is 567 g/mol. The van der Waals surface area contributed by atoms with Crippen molar-refractivity contribution in [2.45, 2.75) is 27.2 Å². The maximum atomic E-state index is 14.7. The molecule has 0 saturated heterocycles. The van der Waals surface area contributed by atoms with E-state index in [1.807, 2.05) is 71.3 Å². The lowest BCUT2D eigenvalue weighted by Gasteiger charge is -2.17. The van der Waals surface area contributed by atoms with Crippen molar-refractivity contribution in [3.8, 4) is 33.8 Å². The van der Waals surface area contributed by atoms with E-state index in [1.165, 1.54) is 6.07 Å². The Kier molecular flexibility index (Phi) is 8.07. The second-order valence-corrected chi connectivity index (χ2v) is 12.8. The van der Waals surface area contributed by atoms with Gasteiger partial charge in [0.05, 0.1) is 35.0 Å². The predicted octanol–water partition coefficient (Wildman–Crippen LogP) is 7.32. The van der Waals surface area contributed by atoms with Crippen LogP contribution in [-0.4, -0.2) is 63.1 Å². The van der Waals surface area contributed by atoms with Crippen molar-refractivity contribution in [3.05, 3.63) is 79.0 Å². The second kappa shape index (κ2) is 12.1. The first-order valence-corrected chi connectivity index (χ1v) is 14.9. The average molecular weight is 605 g/mol. The summed E-state index contributed by atoms with van der Waals surface area (Å²) in [7, 11) is 4.02. The number of hydrogen-bond acceptors (Lipinski definition) is 6. The van der Waals surface area contributed by atoms with Gasteiger partial charge in [-0.2, -0.15) is 5.10 Å². The van der Waals surface area contributed by atoms with Gasteiger partial charge in [0.25, 0.3) is 0 Å². The highest BCUT2D eigenvalue weighted by atomic mass is 19.1. The van der Waals surface area contributed by atoms with E-state index in [1.54, 1.807) is 24.7 Å². The number of amides is 1. The van der Waals surface area contributed by atoms with E-state index < -0.39 is 0 Å². The zero-order chi connectivity index (χ0) is 31.7. The molecule has 0 saturated carbocycles. The van der Waals surface area contributed by atoms with Gasteiger partial charge in [-0.3, -0.25) is 19.9 Å². The van der Waals surface area contributed by atoms with E-state index in [0.717, 1.165) is 62.1 Å². The lowest BCUT2D eigenvalue weighted by molar-refractivity contribution is -0.117. The Morgan fingerprint density at radius 3 is 2.56 bits per heavy atom. The Hall–Kier alpha value is -5.09. The van der Waals surface area contributed by atoms with Crippen molar-refractivity contribution >= 4 is 39.1 Å². The number of H-pyrrole nitrogens is 2. The highest BCUT2D eigenvalue weighted by Gasteiger charge is 2.18. The zero-order valence-corrected chi connectivity index (χ0v) is 26.1. The fraction of sp³-hybridized carbons (Fsp3) is 0.257. The van der Waals surface area contributed by atoms with E-state index in [9.17, 15) is 9.18 Å². The van der Waals surface area contributed by atoms with Crippen LogP contribution in [0.25, 0.3) is 55.6 Å². The van der Waals surface area contributed by atoms with Gasteiger partial charge in [0.15, 0.2) is 0 Å². The fourth-order valence-corrected chi connectivity index (χ4v) is 5.42. The number of anilines is 2. The predicted molar refractivity (Wildman–Crippen MR) is 180 cm³/mol. The third-order valence-corrected chi connectivity index (χ3v) is 7.47. The molecule has 9 nitrogen and oxygen atoms in total. The largest absolute Gasteiger partial charge is 0.384 e. The molecule has 6 rings (SSSR count). The van der Waals surface area contributed by atoms with Crippen LogP contribution >= 0.6 is 0 Å². The summed E-state index contributed by atoms with van der Waals surface area (Å²) >= 11 is 0. The van der Waals surface area contributed by atoms with Crippen LogP contribution in [0.1, 0.15) is 27.2 Å². The Morgan fingerprint density at radius 1 is 0.933 bits per heavy atom. The smallest absolute Gasteiger partial charge is 0.224 e. The standard InChI is InChI=1S/C35H37FN8O/c1-35(2,3)17-33(45)40-25-13-22(18-37-19-25)30-16-28-32(20-39-30)42-43-34(28)31-15-27-26(7-6-8-29(27)41-31)21-11-23(36)14-24(12-21)38-9-10-44(4)5/h6-8,11-16,18-20,38,41H,9-10,17H2,1-5H3,(H,40,45)(H,42,43). The normalized spacial score (nSPS) is 11.9. The van der Waals surface area contributed by atoms with E-state index in [4.69, 9.17) is 0 Å². The minimum atomic E-state index is -0.293. The van der Waals surface area contributed by atoms with Crippen molar-refractivity contribution < 1.29 is 9.18 Å². The Labute approximate surface area is 261 Å². The minimum Gasteiger partial charge on any atom is -0.384 e. The van der Waals surface area contributed by atoms with E-state index in [0.29, 0.717) is 24.3 Å². The van der Waals surface area contributed by atoms with Gasteiger partial charge >= 0.3 is 0 Å². The van der Waals surface area contributed by atoms with Crippen LogP contribution in [0.2, 0.25) is 0 Å². The molecule has 1 amide bonds. The molecule has 0 aliphatic carbocycles. The number of rotatable bonds is 9. The van der Waals surface area contributed by atoms with Crippen LogP contribution in [0.15, 0.2) is 73.2 Å². The minimum absolute atomic E-state index is 0.0600. The summed E-state index contributed by atoms with van der Waals surface area (Å²) in [5, 5.41) is 15.8. The molecule has 0 radical (unpaired) electrons. The Morgan fingerprint density at radius 2 is 1.76 bits per heavy atom. The van der Waals surface area contributed by atoms with Crippen molar-refractivity contribution in [3.63, 3.8) is 0 Å². The van der Waals surface area contributed by atoms with Crippen LogP contribution in [0.3, 0.4) is 0 Å². The summed E-state index contributed by atoms with van der Waals surface area (Å²) in [5.41, 5.74) is 7.70. The van der Waals surface area contributed by atoms with Crippen LogP contribution in [0.4, 0.5) is 15.8 Å². The molecule has 0 fully saturated rings. The quantitative estimate of drug-likeness (QED) is 0.137. The maximum absolute atomic E-state index is 14.7. The Balaban J connectivity index is 1.33. The number of aromatic nitrogens is 5. The van der Waals surface area contributed by atoms with Crippen LogP contribution in [-0.2, 0) is 4.79 Å². The molecule has 0 aliphatic heterocycles. The SMILES string of the molecule is CN(C)CCNc1cc(F)cc(-c2cccc3[nH]c(-c4n[nH]c5cnc(-c6cncc(NC(=O)CC(C)(C)C)c6)cc45)cc23)c1. The van der Waals surface area contributed by atoms with E-state index in [2.05, 4.69) is 46.7 Å². The molecule has 4 heterocycles. The van der Waals surface area contributed by atoms with Crippen LogP contribution in [0, 0.1) is 11.2 Å². The topological polar surface area (TPSA) is 115 Å². The first kappa shape index (κ1) is 30.0. The first-order valence-electron chi connectivity index (χ1n) is 14.9. The molecular formula is C35H37FN8O. The van der Waals surface area contributed by atoms with Crippen molar-refractivity contribution in [2.75, 3.05) is 37.8 Å². The molecule has 6 aromatic rings. The molecule has 0 unspecified atom stereocenters. The summed E-state index contributed by atoms with van der Waals surface area (Å²) in [5.74, 6) is -0.353. The van der Waals surface area contributed by atoms with Crippen LogP contribution < -0.4 is 10.6 Å². The second-order valence-electron chi connectivity index (χ2n) is 12.8. The van der Waals surface area contributed by atoms with Crippen molar-refractivity contribution in [1.29, 1.82) is 0 Å². The number of pyridine rings is 2. The summed E-state index contributed by atoms with van der Waals surface area (Å²) in [4.78, 5) is 27.1. The number of likely N-dealkylation sites (N-methyl/N-ethyl adjacent to an activating group) is 1. The highest BCUT2D eigenvalue weighted by molar-refractivity contribution is 6.02. The van der Waals surface area contributed by atoms with Gasteiger partial charge in [-0.15, -0.1) is 0 Å². The molecule has 0 bridgehead atoms. The number of hydrogen-bond donors (Lipinski definition) is 4. The number of carbonyl (C=O) groups excluding carboxylic acids is 1. The van der Waals surface area contributed by atoms with Gasteiger partial charge in [0, 0.05) is 53.2 Å². The third kappa shape index (κ3) is 6.86. The lowest BCUT2D eigenvalue weighted by atomic mass is 9.92. The maximum Gasteiger partial charge on any atom is 0.224 e. The summed E-state index contributed by atoms with van der Waals surface area (Å²) < 4.78 is 14.7. The number of benzene rings is 2. The molecule has 10 heteroatoms. The van der Waals surface area contributed by atoms with Crippen molar-refractivity contribution in [1.82, 2.24) is 30.0 Å². The molecule has 0 aliphatic rings. The third-order valence-electron chi connectivity index (χ3n) is 7.47. The molecule has 0 atom stereocenters. The van der Waals surface area contributed by atoms with Gasteiger partial charge in [-0.05, 0) is 73.1 Å². The summed E-state index contributed by atoms with van der Waals surface area (Å²) in [6, 6.07) is 16.9. The molecule has 4 N–H and O–H groups in total. The number of aromatic amines is 2. The van der Waals surface area contributed by atoms with Crippen molar-refractivity contribution in [2.24, 2.45) is 5.41 Å². The Bertz CT molecular complexity index is 2000. The van der Waals surface area contributed by atoms with Crippen LogP contribution in [0.5, 0.6) is 0 Å². The zero-order valence-electron chi connectivity index (χ0n) is 26.1. The molecule has 4 aromatic heterocycles. The van der Waals surface area contributed by atoms with Gasteiger partial charge in [-0.1, -0.05) is 32.9 Å². The molecule has 0 spiro atoms. The monoisotopic (exact) mass is 604 g/mol. The van der Waals surface area contributed by atoms with Gasteiger partial charge < -0.3 is 20.5 Å². The van der Waals surface area contributed by atoms with Gasteiger partial charge in [0.2, 0.25) is 5.91 Å². The van der Waals surface area contributed by atoms with E-state index in [-0.39, 0.29) is 17.1 Å². The van der Waals surface area contributed by atoms with Gasteiger partial charge in [-0.25, -0.2) is 4.39 Å². The number of carbonyl (C=O) groups is 1. The molecule has 2 aromatic carbocycles. The summed E-state index contributed by atoms with van der Waals surface area (Å²) in [6.45, 7) is 7.64. The first-order chi connectivity index (χ1) is 21.5. The summed E-state index contributed by atoms with van der Waals surface area (Å²) in [6.07, 6.45) is 5.51. The van der Waals surface area contributed by atoms with E-state index >= 15 is 0 Å². The number of halogens is 1.